The Morgan fingerprint density at radius 3 is 2.04 bits per heavy atom. The van der Waals surface area contributed by atoms with Crippen LogP contribution in [0.15, 0.2) is 71.9 Å². The Labute approximate surface area is 278 Å². The molecule has 47 heavy (non-hydrogen) atoms. The summed E-state index contributed by atoms with van der Waals surface area (Å²) < 4.78 is 16.7. The third kappa shape index (κ3) is 8.87. The van der Waals surface area contributed by atoms with Crippen molar-refractivity contribution in [1.29, 1.82) is 5.26 Å². The number of rotatable bonds is 13. The first-order chi connectivity index (χ1) is 22.5. The number of anilines is 3. The van der Waals surface area contributed by atoms with Crippen LogP contribution in [-0.2, 0) is 36.7 Å². The lowest BCUT2D eigenvalue weighted by molar-refractivity contribution is -0.111. The van der Waals surface area contributed by atoms with E-state index in [9.17, 15) is 23.4 Å². The van der Waals surface area contributed by atoms with Gasteiger partial charge in [0.05, 0.1) is 34.7 Å². The van der Waals surface area contributed by atoms with Gasteiger partial charge in [-0.2, -0.15) is 5.26 Å². The highest BCUT2D eigenvalue weighted by atomic mass is 35.5. The molecule has 3 heterocycles. The SMILES string of the molecule is Cn1cc(NC(=O)c2cc(NC(=O)c3ccc(NC(=O)/C=C/c4ccc(S(=O)CCCl)cc4)n3C)cn2C)cc1C(=O)NCCC#N. The van der Waals surface area contributed by atoms with Gasteiger partial charge in [0.25, 0.3) is 17.7 Å². The number of aryl methyl sites for hydroxylation is 2. The number of hydrogen-bond donors (Lipinski definition) is 4. The zero-order valence-corrected chi connectivity index (χ0v) is 27.4. The highest BCUT2D eigenvalue weighted by Crippen LogP contribution is 2.20. The average Bonchev–Trinajstić information content (AvgIpc) is 3.72. The largest absolute Gasteiger partial charge is 0.350 e. The number of amides is 4. The van der Waals surface area contributed by atoms with Crippen molar-refractivity contribution in [1.82, 2.24) is 19.0 Å². The number of nitrogens with one attached hydrogen (secondary N) is 4. The van der Waals surface area contributed by atoms with Crippen molar-refractivity contribution in [2.24, 2.45) is 21.1 Å². The molecule has 0 radical (unpaired) electrons. The fourth-order valence-corrected chi connectivity index (χ4v) is 5.79. The van der Waals surface area contributed by atoms with Crippen molar-refractivity contribution in [3.05, 3.63) is 89.6 Å². The Balaban J connectivity index is 1.35. The van der Waals surface area contributed by atoms with Crippen LogP contribution in [0.5, 0.6) is 0 Å². The van der Waals surface area contributed by atoms with Gasteiger partial charge in [-0.3, -0.25) is 23.4 Å². The van der Waals surface area contributed by atoms with E-state index in [1.165, 1.54) is 22.8 Å². The number of aromatic nitrogens is 3. The van der Waals surface area contributed by atoms with Crippen LogP contribution < -0.4 is 21.3 Å². The summed E-state index contributed by atoms with van der Waals surface area (Å²) in [4.78, 5) is 51.7. The van der Waals surface area contributed by atoms with E-state index in [0.29, 0.717) is 39.4 Å². The first-order valence-corrected chi connectivity index (χ1v) is 16.2. The Hall–Kier alpha value is -5.39. The predicted molar refractivity (Wildman–Crippen MR) is 181 cm³/mol. The molecule has 4 amide bonds. The van der Waals surface area contributed by atoms with Crippen LogP contribution in [-0.4, -0.2) is 59.7 Å². The van der Waals surface area contributed by atoms with Crippen LogP contribution in [0.4, 0.5) is 17.2 Å². The normalized spacial score (nSPS) is 11.6. The van der Waals surface area contributed by atoms with Gasteiger partial charge < -0.3 is 35.0 Å². The van der Waals surface area contributed by atoms with Crippen LogP contribution in [0, 0.1) is 11.3 Å². The van der Waals surface area contributed by atoms with Crippen molar-refractivity contribution >= 4 is 69.3 Å². The standard InChI is InChI=1S/C32H33ClN8O5S/c1-39-19-22(17-26(39)30(43)35-15-4-14-34)37-32(45)27-18-23(20-40(27)2)36-31(44)25-10-11-28(41(25)3)38-29(42)12-7-21-5-8-24(9-6-21)47(46)16-13-33/h5-12,17-20H,4,13,15-16H2,1-3H3,(H,35,43)(H,36,44)(H,37,45)(H,38,42)/b12-7+. The van der Waals surface area contributed by atoms with Crippen LogP contribution in [0.2, 0.25) is 0 Å². The fourth-order valence-electron chi connectivity index (χ4n) is 4.55. The molecule has 3 aromatic heterocycles. The quantitative estimate of drug-likeness (QED) is 0.0952. The lowest BCUT2D eigenvalue weighted by atomic mass is 10.2. The number of carbonyl (C=O) groups is 4. The minimum atomic E-state index is -1.17. The monoisotopic (exact) mass is 676 g/mol. The molecule has 0 saturated carbocycles. The van der Waals surface area contributed by atoms with Gasteiger partial charge >= 0.3 is 0 Å². The van der Waals surface area contributed by atoms with E-state index in [1.807, 2.05) is 6.07 Å². The lowest BCUT2D eigenvalue weighted by Crippen LogP contribution is -2.25. The minimum Gasteiger partial charge on any atom is -0.350 e. The van der Waals surface area contributed by atoms with Gasteiger partial charge in [0.2, 0.25) is 5.91 Å². The van der Waals surface area contributed by atoms with Crippen molar-refractivity contribution in [3.63, 3.8) is 0 Å². The second-order valence-corrected chi connectivity index (χ2v) is 12.3. The number of nitrogens with zero attached hydrogens (tertiary/aromatic N) is 4. The molecule has 0 saturated heterocycles. The first kappa shape index (κ1) is 34.5. The third-order valence-corrected chi connectivity index (χ3v) is 8.74. The number of alkyl halides is 1. The summed E-state index contributed by atoms with van der Waals surface area (Å²) >= 11 is 5.66. The van der Waals surface area contributed by atoms with Gasteiger partial charge in [0, 0.05) is 62.7 Å². The molecular formula is C32H33ClN8O5S. The van der Waals surface area contributed by atoms with E-state index >= 15 is 0 Å². The highest BCUT2D eigenvalue weighted by molar-refractivity contribution is 7.85. The van der Waals surface area contributed by atoms with Gasteiger partial charge in [0.1, 0.15) is 22.9 Å². The molecule has 1 unspecified atom stereocenters. The van der Waals surface area contributed by atoms with Gasteiger partial charge in [0.15, 0.2) is 0 Å². The third-order valence-electron chi connectivity index (χ3n) is 6.95. The maximum absolute atomic E-state index is 13.1. The van der Waals surface area contributed by atoms with Crippen LogP contribution in [0.25, 0.3) is 6.08 Å². The van der Waals surface area contributed by atoms with Crippen LogP contribution >= 0.6 is 11.6 Å². The molecule has 244 valence electrons. The second-order valence-electron chi connectivity index (χ2n) is 10.3. The Morgan fingerprint density at radius 2 is 1.45 bits per heavy atom. The molecule has 0 aliphatic carbocycles. The fraction of sp³-hybridized carbons (Fsp3) is 0.219. The van der Waals surface area contributed by atoms with Crippen molar-refractivity contribution in [3.8, 4) is 6.07 Å². The summed E-state index contributed by atoms with van der Waals surface area (Å²) in [6.07, 6.45) is 6.34. The molecular weight excluding hydrogens is 644 g/mol. The van der Waals surface area contributed by atoms with E-state index in [-0.39, 0.29) is 30.3 Å². The summed E-state index contributed by atoms with van der Waals surface area (Å²) in [5.41, 5.74) is 2.37. The molecule has 0 spiro atoms. The van der Waals surface area contributed by atoms with Gasteiger partial charge in [-0.1, -0.05) is 12.1 Å². The smallest absolute Gasteiger partial charge is 0.272 e. The Morgan fingerprint density at radius 1 is 0.851 bits per heavy atom. The van der Waals surface area contributed by atoms with Crippen LogP contribution in [0.1, 0.15) is 43.4 Å². The zero-order chi connectivity index (χ0) is 34.1. The molecule has 0 bridgehead atoms. The maximum atomic E-state index is 13.1. The van der Waals surface area contributed by atoms with E-state index in [1.54, 1.807) is 85.1 Å². The maximum Gasteiger partial charge on any atom is 0.272 e. The number of carbonyl (C=O) groups excluding carboxylic acids is 4. The molecule has 13 nitrogen and oxygen atoms in total. The minimum absolute atomic E-state index is 0.185. The van der Waals surface area contributed by atoms with E-state index < -0.39 is 28.5 Å². The van der Waals surface area contributed by atoms with Crippen LogP contribution in [0.3, 0.4) is 0 Å². The predicted octanol–water partition coefficient (Wildman–Crippen LogP) is 3.85. The first-order valence-electron chi connectivity index (χ1n) is 14.3. The Kier molecular flexibility index (Phi) is 11.6. The molecule has 4 aromatic rings. The van der Waals surface area contributed by atoms with Gasteiger partial charge in [-0.25, -0.2) is 0 Å². The number of nitriles is 1. The topological polar surface area (TPSA) is 172 Å². The molecule has 1 atom stereocenters. The van der Waals surface area contributed by atoms with Crippen molar-refractivity contribution in [2.75, 3.05) is 34.1 Å². The summed E-state index contributed by atoms with van der Waals surface area (Å²) in [6, 6.07) is 15.1. The second kappa shape index (κ2) is 15.7. The molecule has 4 rings (SSSR count). The molecule has 4 N–H and O–H groups in total. The Bertz CT molecular complexity index is 1900. The lowest BCUT2D eigenvalue weighted by Gasteiger charge is -2.08. The molecule has 15 heteroatoms. The number of hydrogen-bond acceptors (Lipinski definition) is 6. The van der Waals surface area contributed by atoms with E-state index in [4.69, 9.17) is 16.9 Å². The average molecular weight is 677 g/mol. The molecule has 0 aliphatic rings. The van der Waals surface area contributed by atoms with Crippen molar-refractivity contribution < 1.29 is 23.4 Å². The van der Waals surface area contributed by atoms with Gasteiger partial charge in [-0.05, 0) is 48.0 Å². The number of halogens is 1. The molecule has 1 aromatic carbocycles. The van der Waals surface area contributed by atoms with Gasteiger partial charge in [-0.15, -0.1) is 11.6 Å². The summed E-state index contributed by atoms with van der Waals surface area (Å²) in [7, 11) is 3.79. The summed E-state index contributed by atoms with van der Waals surface area (Å²) in [6.45, 7) is 0.217. The van der Waals surface area contributed by atoms with E-state index in [0.717, 1.165) is 5.56 Å². The van der Waals surface area contributed by atoms with E-state index in [2.05, 4.69) is 21.3 Å². The molecule has 0 fully saturated rings. The summed E-state index contributed by atoms with van der Waals surface area (Å²) in [5.74, 6) is -0.621. The zero-order valence-electron chi connectivity index (χ0n) is 25.9. The highest BCUT2D eigenvalue weighted by Gasteiger charge is 2.19. The van der Waals surface area contributed by atoms with Crippen molar-refractivity contribution in [2.45, 2.75) is 11.3 Å². The molecule has 0 aliphatic heterocycles. The number of benzene rings is 1. The summed E-state index contributed by atoms with van der Waals surface area (Å²) in [5, 5.41) is 19.6.